The molecule has 0 aliphatic carbocycles. The van der Waals surface area contributed by atoms with Crippen molar-refractivity contribution in [3.05, 3.63) is 30.7 Å². The van der Waals surface area contributed by atoms with Gasteiger partial charge in [0.15, 0.2) is 0 Å². The molecule has 1 aromatic rings. The maximum atomic E-state index is 4.81. The van der Waals surface area contributed by atoms with Crippen LogP contribution in [0.25, 0.3) is 6.08 Å². The normalized spacial score (nSPS) is 8.57. The molecular weight excluding hydrogens is 88.1 g/mol. The molecule has 1 heterocycles. The molecule has 0 spiro atoms. The molecule has 0 amide bonds. The predicted molar refractivity (Wildman–Crippen MR) is 27.6 cm³/mol. The molecular formula is C6H5O. The minimum Gasteiger partial charge on any atom is -0.464 e. The van der Waals surface area contributed by atoms with Gasteiger partial charge < -0.3 is 4.42 Å². The van der Waals surface area contributed by atoms with Crippen molar-refractivity contribution in [2.24, 2.45) is 0 Å². The van der Waals surface area contributed by atoms with E-state index < -0.39 is 0 Å². The van der Waals surface area contributed by atoms with Crippen LogP contribution in [0.15, 0.2) is 23.3 Å². The summed E-state index contributed by atoms with van der Waals surface area (Å²) in [5.41, 5.74) is 0. The zero-order chi connectivity index (χ0) is 5.11. The maximum absolute atomic E-state index is 4.81. The molecule has 0 unspecified atom stereocenters. The maximum Gasteiger partial charge on any atom is 0.126 e. The summed E-state index contributed by atoms with van der Waals surface area (Å²) in [7, 11) is 0. The van der Waals surface area contributed by atoms with E-state index in [0.29, 0.717) is 0 Å². The summed E-state index contributed by atoms with van der Waals surface area (Å²) >= 11 is 0. The summed E-state index contributed by atoms with van der Waals surface area (Å²) in [6.45, 7) is 3.49. The molecule has 1 aromatic heterocycles. The van der Waals surface area contributed by atoms with Crippen LogP contribution in [-0.4, -0.2) is 0 Å². The van der Waals surface area contributed by atoms with Crippen LogP contribution in [-0.2, 0) is 0 Å². The van der Waals surface area contributed by atoms with Crippen LogP contribution >= 0.6 is 0 Å². The molecule has 0 aliphatic heterocycles. The molecule has 0 aliphatic rings. The molecule has 0 saturated heterocycles. The van der Waals surface area contributed by atoms with Gasteiger partial charge in [-0.2, -0.15) is 0 Å². The van der Waals surface area contributed by atoms with E-state index in [-0.39, 0.29) is 0 Å². The SMILES string of the molecule is C=Cc1c[c]co1. The smallest absolute Gasteiger partial charge is 0.126 e. The average Bonchev–Trinajstić information content (AvgIpc) is 2.14. The highest BCUT2D eigenvalue weighted by molar-refractivity contribution is 5.37. The van der Waals surface area contributed by atoms with E-state index in [1.807, 2.05) is 0 Å². The van der Waals surface area contributed by atoms with Crippen LogP contribution in [0.5, 0.6) is 0 Å². The van der Waals surface area contributed by atoms with Gasteiger partial charge in [-0.15, -0.1) is 0 Å². The molecule has 1 radical (unpaired) electrons. The molecule has 1 heteroatoms. The minimum absolute atomic E-state index is 0.764. The van der Waals surface area contributed by atoms with Crippen LogP contribution in [0.4, 0.5) is 0 Å². The molecule has 7 heavy (non-hydrogen) atoms. The van der Waals surface area contributed by atoms with Crippen molar-refractivity contribution in [2.45, 2.75) is 0 Å². The lowest BCUT2D eigenvalue weighted by atomic mass is 10.5. The van der Waals surface area contributed by atoms with Gasteiger partial charge in [-0.25, -0.2) is 0 Å². The number of hydrogen-bond acceptors (Lipinski definition) is 1. The first kappa shape index (κ1) is 4.19. The highest BCUT2D eigenvalue weighted by Gasteiger charge is 1.80. The summed E-state index contributed by atoms with van der Waals surface area (Å²) in [4.78, 5) is 0. The third-order valence-corrected chi connectivity index (χ3v) is 0.690. The highest BCUT2D eigenvalue weighted by Crippen LogP contribution is 1.98. The van der Waals surface area contributed by atoms with E-state index in [2.05, 4.69) is 12.6 Å². The Balaban J connectivity index is 2.96. The van der Waals surface area contributed by atoms with E-state index in [0.717, 1.165) is 5.76 Å². The monoisotopic (exact) mass is 93.0 g/mol. The largest absolute Gasteiger partial charge is 0.464 e. The van der Waals surface area contributed by atoms with Crippen molar-refractivity contribution in [1.82, 2.24) is 0 Å². The summed E-state index contributed by atoms with van der Waals surface area (Å²) in [5, 5.41) is 0. The Morgan fingerprint density at radius 3 is 3.00 bits per heavy atom. The molecule has 1 nitrogen and oxygen atoms in total. The zero-order valence-electron chi connectivity index (χ0n) is 3.85. The standard InChI is InChI=1S/C6H5O/c1-2-6-4-3-5-7-6/h2,4-5H,1H2. The van der Waals surface area contributed by atoms with E-state index in [1.165, 1.54) is 6.26 Å². The Morgan fingerprint density at radius 1 is 1.86 bits per heavy atom. The predicted octanol–water partition coefficient (Wildman–Crippen LogP) is 1.72. The minimum atomic E-state index is 0.764. The Hall–Kier alpha value is -0.980. The molecule has 0 atom stereocenters. The van der Waals surface area contributed by atoms with Gasteiger partial charge in [-0.3, -0.25) is 0 Å². The number of hydrogen-bond donors (Lipinski definition) is 0. The zero-order valence-corrected chi connectivity index (χ0v) is 3.85. The Labute approximate surface area is 42.3 Å². The van der Waals surface area contributed by atoms with Gasteiger partial charge in [-0.05, 0) is 12.1 Å². The lowest BCUT2D eigenvalue weighted by molar-refractivity contribution is 0.557. The number of rotatable bonds is 1. The summed E-state index contributed by atoms with van der Waals surface area (Å²) < 4.78 is 4.81. The van der Waals surface area contributed by atoms with Gasteiger partial charge in [0.2, 0.25) is 0 Å². The molecule has 0 saturated carbocycles. The Morgan fingerprint density at radius 2 is 2.71 bits per heavy atom. The van der Waals surface area contributed by atoms with Crippen LogP contribution in [0.2, 0.25) is 0 Å². The Bertz CT molecular complexity index is 139. The van der Waals surface area contributed by atoms with Crippen molar-refractivity contribution < 1.29 is 4.42 Å². The van der Waals surface area contributed by atoms with Gasteiger partial charge in [0, 0.05) is 6.07 Å². The summed E-state index contributed by atoms with van der Waals surface area (Å²) in [6.07, 6.45) is 3.13. The van der Waals surface area contributed by atoms with Gasteiger partial charge in [0.25, 0.3) is 0 Å². The fraction of sp³-hybridized carbons (Fsp3) is 0. The third kappa shape index (κ3) is 0.712. The second-order valence-corrected chi connectivity index (χ2v) is 1.15. The Kier molecular flexibility index (Phi) is 0.984. The van der Waals surface area contributed by atoms with E-state index in [9.17, 15) is 0 Å². The fourth-order valence-electron chi connectivity index (χ4n) is 0.359. The van der Waals surface area contributed by atoms with E-state index in [4.69, 9.17) is 4.42 Å². The van der Waals surface area contributed by atoms with Crippen molar-refractivity contribution in [1.29, 1.82) is 0 Å². The van der Waals surface area contributed by atoms with Crippen LogP contribution < -0.4 is 0 Å². The van der Waals surface area contributed by atoms with Gasteiger partial charge in [0.1, 0.15) is 5.76 Å². The molecule has 1 rings (SSSR count). The van der Waals surface area contributed by atoms with Gasteiger partial charge >= 0.3 is 0 Å². The van der Waals surface area contributed by atoms with Crippen LogP contribution in [0.1, 0.15) is 5.76 Å². The van der Waals surface area contributed by atoms with Crippen molar-refractivity contribution >= 4 is 6.08 Å². The van der Waals surface area contributed by atoms with Crippen molar-refractivity contribution in [3.8, 4) is 0 Å². The van der Waals surface area contributed by atoms with Gasteiger partial charge in [-0.1, -0.05) is 6.58 Å². The molecule has 0 N–H and O–H groups in total. The summed E-state index contributed by atoms with van der Waals surface area (Å²) in [6, 6.07) is 4.47. The van der Waals surface area contributed by atoms with Crippen molar-refractivity contribution in [3.63, 3.8) is 0 Å². The van der Waals surface area contributed by atoms with Gasteiger partial charge in [0.05, 0.1) is 6.26 Å². The lowest BCUT2D eigenvalue weighted by Gasteiger charge is -1.73. The van der Waals surface area contributed by atoms with Crippen molar-refractivity contribution in [2.75, 3.05) is 0 Å². The second kappa shape index (κ2) is 1.65. The fourth-order valence-corrected chi connectivity index (χ4v) is 0.359. The first-order valence-corrected chi connectivity index (χ1v) is 2.00. The average molecular weight is 93.1 g/mol. The topological polar surface area (TPSA) is 13.1 Å². The third-order valence-electron chi connectivity index (χ3n) is 0.690. The quantitative estimate of drug-likeness (QED) is 0.515. The first-order chi connectivity index (χ1) is 3.43. The molecule has 0 fully saturated rings. The van der Waals surface area contributed by atoms with E-state index >= 15 is 0 Å². The summed E-state index contributed by atoms with van der Waals surface area (Å²) in [5.74, 6) is 0.764. The first-order valence-electron chi connectivity index (χ1n) is 2.00. The number of furan rings is 1. The van der Waals surface area contributed by atoms with Crippen LogP contribution in [0.3, 0.4) is 0 Å². The van der Waals surface area contributed by atoms with Crippen LogP contribution in [0, 0.1) is 6.07 Å². The van der Waals surface area contributed by atoms with E-state index in [1.54, 1.807) is 12.1 Å². The molecule has 0 aromatic carbocycles. The molecule has 35 valence electrons. The molecule has 0 bridgehead atoms. The second-order valence-electron chi connectivity index (χ2n) is 1.15. The lowest BCUT2D eigenvalue weighted by Crippen LogP contribution is -1.50. The highest BCUT2D eigenvalue weighted by atomic mass is 16.3.